The maximum absolute atomic E-state index is 12.3. The quantitative estimate of drug-likeness (QED) is 0.202. The fraction of sp³-hybridized carbons (Fsp3) is 0.467. The van der Waals surface area contributed by atoms with Crippen molar-refractivity contribution in [2.75, 3.05) is 19.0 Å². The van der Waals surface area contributed by atoms with E-state index >= 15 is 0 Å². The van der Waals surface area contributed by atoms with Gasteiger partial charge in [-0.1, -0.05) is 76.8 Å². The number of unbranched alkanes of at least 4 members (excludes halogenated alkanes) is 9. The fourth-order valence-electron chi connectivity index (χ4n) is 4.26. The predicted octanol–water partition coefficient (Wildman–Crippen LogP) is 8.84. The minimum absolute atomic E-state index is 0.147. The van der Waals surface area contributed by atoms with Gasteiger partial charge in [-0.25, -0.2) is 9.78 Å². The summed E-state index contributed by atoms with van der Waals surface area (Å²) < 4.78 is 5.28. The molecule has 2 aromatic carbocycles. The van der Waals surface area contributed by atoms with E-state index in [1.54, 1.807) is 18.4 Å². The minimum Gasteiger partial charge on any atom is -0.497 e. The smallest absolute Gasteiger partial charge is 0.319 e. The molecule has 36 heavy (non-hydrogen) atoms. The molecule has 0 aliphatic rings. The molecule has 6 heteroatoms. The summed E-state index contributed by atoms with van der Waals surface area (Å²) in [5.74, 6) is 0.828. The number of carbonyl (C=O) groups excluding carboxylic acids is 1. The predicted molar refractivity (Wildman–Crippen MR) is 153 cm³/mol. The third-order valence-electron chi connectivity index (χ3n) is 6.32. The van der Waals surface area contributed by atoms with E-state index in [0.29, 0.717) is 6.54 Å². The molecule has 0 spiro atoms. The van der Waals surface area contributed by atoms with Gasteiger partial charge in [0.15, 0.2) is 0 Å². The van der Waals surface area contributed by atoms with E-state index in [1.165, 1.54) is 57.8 Å². The van der Waals surface area contributed by atoms with Crippen LogP contribution >= 0.6 is 11.3 Å². The van der Waals surface area contributed by atoms with Crippen LogP contribution in [0.4, 0.5) is 10.5 Å². The molecule has 3 rings (SSSR count). The van der Waals surface area contributed by atoms with Gasteiger partial charge in [0.25, 0.3) is 0 Å². The third-order valence-corrected chi connectivity index (χ3v) is 7.34. The Morgan fingerprint density at radius 3 is 2.03 bits per heavy atom. The number of methoxy groups -OCH3 is 1. The van der Waals surface area contributed by atoms with Crippen molar-refractivity contribution in [1.29, 1.82) is 0 Å². The molecule has 1 aromatic heterocycles. The molecule has 0 aliphatic heterocycles. The highest BCUT2D eigenvalue weighted by atomic mass is 32.1. The van der Waals surface area contributed by atoms with Gasteiger partial charge in [-0.15, -0.1) is 11.3 Å². The number of thiazole rings is 1. The van der Waals surface area contributed by atoms with Gasteiger partial charge >= 0.3 is 6.03 Å². The van der Waals surface area contributed by atoms with Gasteiger partial charge in [0.05, 0.1) is 22.7 Å². The van der Waals surface area contributed by atoms with E-state index in [2.05, 4.69) is 17.6 Å². The highest BCUT2D eigenvalue weighted by molar-refractivity contribution is 7.15. The molecule has 0 radical (unpaired) electrons. The van der Waals surface area contributed by atoms with Crippen molar-refractivity contribution in [3.63, 3.8) is 0 Å². The van der Waals surface area contributed by atoms with Crippen LogP contribution in [0.1, 0.15) is 76.1 Å². The Morgan fingerprint density at radius 2 is 1.42 bits per heavy atom. The number of hydrogen-bond donors (Lipinski definition) is 2. The van der Waals surface area contributed by atoms with Gasteiger partial charge in [0.1, 0.15) is 5.75 Å². The zero-order valence-electron chi connectivity index (χ0n) is 22.1. The summed E-state index contributed by atoms with van der Waals surface area (Å²) in [5, 5.41) is 6.94. The number of aryl methyl sites for hydroxylation is 1. The summed E-state index contributed by atoms with van der Waals surface area (Å²) in [4.78, 5) is 18.2. The van der Waals surface area contributed by atoms with Crippen molar-refractivity contribution in [3.8, 4) is 27.4 Å². The molecule has 0 saturated carbocycles. The number of carbonyl (C=O) groups is 1. The van der Waals surface area contributed by atoms with Crippen LogP contribution in [0.3, 0.4) is 0 Å². The van der Waals surface area contributed by atoms with Crippen LogP contribution in [0.2, 0.25) is 0 Å². The van der Waals surface area contributed by atoms with Crippen LogP contribution in [0.5, 0.6) is 5.75 Å². The molecule has 0 aliphatic carbocycles. The summed E-state index contributed by atoms with van der Waals surface area (Å²) in [6.07, 6.45) is 12.9. The Labute approximate surface area is 220 Å². The maximum Gasteiger partial charge on any atom is 0.319 e. The van der Waals surface area contributed by atoms with Crippen LogP contribution < -0.4 is 15.4 Å². The standard InChI is InChI=1S/C30H41N3O2S/c1-4-5-6-7-8-9-10-11-12-13-22-31-30(34)33-26-18-14-25(15-19-26)29-28(32-23(2)36-29)24-16-20-27(35-3)21-17-24/h14-21H,4-13,22H2,1-3H3,(H2,31,33,34). The molecule has 1 heterocycles. The molecule has 194 valence electrons. The molecule has 2 amide bonds. The van der Waals surface area contributed by atoms with Gasteiger partial charge in [-0.2, -0.15) is 0 Å². The van der Waals surface area contributed by atoms with E-state index in [4.69, 9.17) is 9.72 Å². The molecular formula is C30H41N3O2S. The zero-order valence-corrected chi connectivity index (χ0v) is 22.9. The number of ether oxygens (including phenoxy) is 1. The summed E-state index contributed by atoms with van der Waals surface area (Å²) in [6, 6.07) is 15.8. The Hall–Kier alpha value is -2.86. The van der Waals surface area contributed by atoms with E-state index in [9.17, 15) is 4.79 Å². The Kier molecular flexibility index (Phi) is 11.8. The normalized spacial score (nSPS) is 10.9. The number of rotatable bonds is 15. The van der Waals surface area contributed by atoms with E-state index in [-0.39, 0.29) is 6.03 Å². The third kappa shape index (κ3) is 8.98. The summed E-state index contributed by atoms with van der Waals surface area (Å²) in [7, 11) is 1.67. The average molecular weight is 508 g/mol. The highest BCUT2D eigenvalue weighted by Gasteiger charge is 2.14. The van der Waals surface area contributed by atoms with Crippen molar-refractivity contribution in [3.05, 3.63) is 53.5 Å². The van der Waals surface area contributed by atoms with Crippen LogP contribution in [0, 0.1) is 6.92 Å². The molecule has 0 bridgehead atoms. The zero-order chi connectivity index (χ0) is 25.6. The van der Waals surface area contributed by atoms with Gasteiger partial charge in [0.2, 0.25) is 0 Å². The average Bonchev–Trinajstić information content (AvgIpc) is 3.29. The first-order valence-corrected chi connectivity index (χ1v) is 14.2. The first kappa shape index (κ1) is 27.7. The van der Waals surface area contributed by atoms with E-state index in [1.807, 2.05) is 55.5 Å². The summed E-state index contributed by atoms with van der Waals surface area (Å²) in [5.41, 5.74) is 3.90. The molecule has 0 unspecified atom stereocenters. The maximum atomic E-state index is 12.3. The monoisotopic (exact) mass is 507 g/mol. The lowest BCUT2D eigenvalue weighted by atomic mass is 10.1. The molecular weight excluding hydrogens is 466 g/mol. The second kappa shape index (κ2) is 15.3. The molecule has 0 fully saturated rings. The molecule has 5 nitrogen and oxygen atoms in total. The molecule has 0 atom stereocenters. The van der Waals surface area contributed by atoms with E-state index in [0.717, 1.165) is 44.6 Å². The van der Waals surface area contributed by atoms with Crippen LogP contribution in [0.15, 0.2) is 48.5 Å². The second-order valence-electron chi connectivity index (χ2n) is 9.28. The topological polar surface area (TPSA) is 63.2 Å². The molecule has 0 saturated heterocycles. The highest BCUT2D eigenvalue weighted by Crippen LogP contribution is 2.37. The van der Waals surface area contributed by atoms with Gasteiger partial charge < -0.3 is 15.4 Å². The lowest BCUT2D eigenvalue weighted by molar-refractivity contribution is 0.252. The number of benzene rings is 2. The van der Waals surface area contributed by atoms with Crippen LogP contribution in [-0.2, 0) is 0 Å². The number of aromatic nitrogens is 1. The van der Waals surface area contributed by atoms with Crippen molar-refractivity contribution in [2.45, 2.75) is 78.1 Å². The Balaban J connectivity index is 1.41. The lowest BCUT2D eigenvalue weighted by Gasteiger charge is -2.09. The van der Waals surface area contributed by atoms with Crippen molar-refractivity contribution >= 4 is 23.1 Å². The van der Waals surface area contributed by atoms with Gasteiger partial charge in [-0.05, 0) is 55.3 Å². The number of amides is 2. The molecule has 2 N–H and O–H groups in total. The van der Waals surface area contributed by atoms with Gasteiger partial charge in [-0.3, -0.25) is 0 Å². The van der Waals surface area contributed by atoms with Crippen LogP contribution in [-0.4, -0.2) is 24.7 Å². The number of nitrogens with one attached hydrogen (secondary N) is 2. The Bertz CT molecular complexity index is 1050. The summed E-state index contributed by atoms with van der Waals surface area (Å²) in [6.45, 7) is 5.00. The van der Waals surface area contributed by atoms with Crippen molar-refractivity contribution < 1.29 is 9.53 Å². The molecule has 3 aromatic rings. The van der Waals surface area contributed by atoms with Gasteiger partial charge in [0, 0.05) is 17.8 Å². The first-order chi connectivity index (χ1) is 17.6. The number of nitrogens with zero attached hydrogens (tertiary/aromatic N) is 1. The first-order valence-electron chi connectivity index (χ1n) is 13.4. The number of urea groups is 1. The summed E-state index contributed by atoms with van der Waals surface area (Å²) >= 11 is 1.67. The SMILES string of the molecule is CCCCCCCCCCCCNC(=O)Nc1ccc(-c2sc(C)nc2-c2ccc(OC)cc2)cc1. The van der Waals surface area contributed by atoms with Crippen LogP contribution in [0.25, 0.3) is 21.7 Å². The Morgan fingerprint density at radius 1 is 0.833 bits per heavy atom. The van der Waals surface area contributed by atoms with Crippen molar-refractivity contribution in [1.82, 2.24) is 10.3 Å². The lowest BCUT2D eigenvalue weighted by Crippen LogP contribution is -2.29. The minimum atomic E-state index is -0.147. The second-order valence-corrected chi connectivity index (χ2v) is 10.5. The number of anilines is 1. The number of hydrogen-bond acceptors (Lipinski definition) is 4. The van der Waals surface area contributed by atoms with Crippen molar-refractivity contribution in [2.24, 2.45) is 0 Å². The fourth-order valence-corrected chi connectivity index (χ4v) is 5.21. The largest absolute Gasteiger partial charge is 0.497 e. The van der Waals surface area contributed by atoms with E-state index < -0.39 is 0 Å².